The van der Waals surface area contributed by atoms with Gasteiger partial charge in [0.2, 0.25) is 5.29 Å². The van der Waals surface area contributed by atoms with E-state index in [2.05, 4.69) is 10.0 Å². The lowest BCUT2D eigenvalue weighted by Crippen LogP contribution is -2.48. The van der Waals surface area contributed by atoms with Crippen LogP contribution in [0.4, 0.5) is 0 Å². The Balaban J connectivity index is 1.93. The quantitative estimate of drug-likeness (QED) is 0.767. The van der Waals surface area contributed by atoms with Crippen molar-refractivity contribution in [1.82, 2.24) is 10.0 Å². The maximum Gasteiger partial charge on any atom is 0.213 e. The molecule has 0 bridgehead atoms. The van der Waals surface area contributed by atoms with Crippen LogP contribution >= 0.6 is 34.8 Å². The van der Waals surface area contributed by atoms with Gasteiger partial charge in [0.05, 0.1) is 19.8 Å². The monoisotopic (exact) mass is 345 g/mol. The summed E-state index contributed by atoms with van der Waals surface area (Å²) in [4.78, 5) is 4.37. The average molecular weight is 347 g/mol. The first kappa shape index (κ1) is 15.1. The first-order chi connectivity index (χ1) is 10.2. The van der Waals surface area contributed by atoms with E-state index < -0.39 is 0 Å². The molecule has 3 rings (SSSR count). The molecule has 0 unspecified atom stereocenters. The minimum Gasteiger partial charge on any atom is -0.379 e. The largest absolute Gasteiger partial charge is 0.379 e. The van der Waals surface area contributed by atoms with Crippen LogP contribution in [-0.2, 0) is 4.74 Å². The molecule has 2 aliphatic heterocycles. The number of benzene rings is 1. The number of aliphatic imine (C=N–C) groups is 1. The molecule has 4 nitrogen and oxygen atoms in total. The van der Waals surface area contributed by atoms with Gasteiger partial charge in [-0.25, -0.2) is 5.01 Å². The van der Waals surface area contributed by atoms with Gasteiger partial charge in [-0.15, -0.1) is 0 Å². The standard InChI is InChI=1S/C14H14Cl3N3O/c15-11-2-1-3-12(16)13(11)10-8-18-14(17)20(9-10)19-4-6-21-7-5-19/h1-3,9H,4-8H2. The maximum absolute atomic E-state index is 6.27. The van der Waals surface area contributed by atoms with E-state index in [1.165, 1.54) is 0 Å². The van der Waals surface area contributed by atoms with Gasteiger partial charge in [-0.1, -0.05) is 29.3 Å². The number of hydrogen-bond donors (Lipinski definition) is 0. The predicted molar refractivity (Wildman–Crippen MR) is 86.8 cm³/mol. The normalized spacial score (nSPS) is 20.2. The SMILES string of the molecule is ClC1=NCC(c2c(Cl)cccc2Cl)=CN1N1CCOCC1. The number of halogens is 3. The van der Waals surface area contributed by atoms with Crippen molar-refractivity contribution in [2.75, 3.05) is 32.8 Å². The fraction of sp³-hybridized carbons (Fsp3) is 0.357. The molecule has 2 heterocycles. The second kappa shape index (κ2) is 6.55. The molecule has 1 saturated heterocycles. The van der Waals surface area contributed by atoms with E-state index in [-0.39, 0.29) is 0 Å². The highest BCUT2D eigenvalue weighted by Gasteiger charge is 2.24. The number of hydrogen-bond acceptors (Lipinski definition) is 4. The Morgan fingerprint density at radius 1 is 1.05 bits per heavy atom. The zero-order chi connectivity index (χ0) is 14.8. The van der Waals surface area contributed by atoms with E-state index in [0.29, 0.717) is 35.1 Å². The highest BCUT2D eigenvalue weighted by atomic mass is 35.5. The molecule has 0 radical (unpaired) electrons. The number of rotatable bonds is 2. The molecule has 0 spiro atoms. The molecular weight excluding hydrogens is 333 g/mol. The van der Waals surface area contributed by atoms with Crippen molar-refractivity contribution >= 4 is 45.7 Å². The molecule has 112 valence electrons. The first-order valence-corrected chi connectivity index (χ1v) is 7.77. The van der Waals surface area contributed by atoms with Crippen LogP contribution in [0, 0.1) is 0 Å². The lowest BCUT2D eigenvalue weighted by Gasteiger charge is -2.37. The van der Waals surface area contributed by atoms with Crippen molar-refractivity contribution in [3.8, 4) is 0 Å². The molecule has 0 N–H and O–H groups in total. The number of nitrogens with zero attached hydrogens (tertiary/aromatic N) is 3. The van der Waals surface area contributed by atoms with Crippen molar-refractivity contribution in [2.45, 2.75) is 0 Å². The van der Waals surface area contributed by atoms with Gasteiger partial charge in [-0.05, 0) is 23.7 Å². The fourth-order valence-electron chi connectivity index (χ4n) is 2.38. The van der Waals surface area contributed by atoms with E-state index in [0.717, 1.165) is 24.2 Å². The second-order valence-corrected chi connectivity index (χ2v) is 5.90. The molecular formula is C14H14Cl3N3O. The van der Waals surface area contributed by atoms with Gasteiger partial charge < -0.3 is 4.74 Å². The summed E-state index contributed by atoms with van der Waals surface area (Å²) in [7, 11) is 0. The number of ether oxygens (including phenoxy) is 1. The van der Waals surface area contributed by atoms with E-state index >= 15 is 0 Å². The highest BCUT2D eigenvalue weighted by Crippen LogP contribution is 2.33. The number of morpholine rings is 1. The van der Waals surface area contributed by atoms with E-state index in [1.807, 2.05) is 29.4 Å². The predicted octanol–water partition coefficient (Wildman–Crippen LogP) is 3.49. The van der Waals surface area contributed by atoms with Crippen molar-refractivity contribution in [2.24, 2.45) is 4.99 Å². The smallest absolute Gasteiger partial charge is 0.213 e. The Morgan fingerprint density at radius 2 is 1.71 bits per heavy atom. The summed E-state index contributed by atoms with van der Waals surface area (Å²) in [5.41, 5.74) is 1.76. The molecule has 0 amide bonds. The molecule has 21 heavy (non-hydrogen) atoms. The van der Waals surface area contributed by atoms with Gasteiger partial charge in [-0.3, -0.25) is 10.0 Å². The molecule has 0 saturated carbocycles. The molecule has 0 aromatic heterocycles. The minimum atomic E-state index is 0.448. The lowest BCUT2D eigenvalue weighted by atomic mass is 10.1. The second-order valence-electron chi connectivity index (χ2n) is 4.75. The zero-order valence-electron chi connectivity index (χ0n) is 11.2. The molecule has 7 heteroatoms. The molecule has 1 aromatic rings. The third kappa shape index (κ3) is 3.20. The molecule has 1 fully saturated rings. The Bertz CT molecular complexity index is 577. The van der Waals surface area contributed by atoms with Crippen LogP contribution < -0.4 is 0 Å². The van der Waals surface area contributed by atoms with Crippen molar-refractivity contribution in [3.63, 3.8) is 0 Å². The topological polar surface area (TPSA) is 28.1 Å². The van der Waals surface area contributed by atoms with Crippen LogP contribution in [0.25, 0.3) is 5.57 Å². The Morgan fingerprint density at radius 3 is 2.38 bits per heavy atom. The van der Waals surface area contributed by atoms with Crippen LogP contribution in [0.1, 0.15) is 5.56 Å². The van der Waals surface area contributed by atoms with Gasteiger partial charge in [0, 0.05) is 40.5 Å². The Hall–Kier alpha value is -0.780. The summed E-state index contributed by atoms with van der Waals surface area (Å²) >= 11 is 18.8. The molecule has 2 aliphatic rings. The number of hydrazine groups is 1. The summed E-state index contributed by atoms with van der Waals surface area (Å²) in [5.74, 6) is 0. The van der Waals surface area contributed by atoms with Crippen LogP contribution in [0.5, 0.6) is 0 Å². The molecule has 0 atom stereocenters. The van der Waals surface area contributed by atoms with Crippen LogP contribution in [0.15, 0.2) is 29.4 Å². The fourth-order valence-corrected chi connectivity index (χ4v) is 3.24. The Labute approximate surface area is 138 Å². The lowest BCUT2D eigenvalue weighted by molar-refractivity contribution is -0.0282. The summed E-state index contributed by atoms with van der Waals surface area (Å²) in [5, 5.41) is 5.62. The number of amidine groups is 1. The summed E-state index contributed by atoms with van der Waals surface area (Å²) in [6.07, 6.45) is 1.95. The van der Waals surface area contributed by atoms with E-state index in [9.17, 15) is 0 Å². The average Bonchev–Trinajstić information content (AvgIpc) is 2.49. The van der Waals surface area contributed by atoms with Crippen molar-refractivity contribution < 1.29 is 4.74 Å². The molecule has 1 aromatic carbocycles. The van der Waals surface area contributed by atoms with Crippen LogP contribution in [0.3, 0.4) is 0 Å². The van der Waals surface area contributed by atoms with Crippen LogP contribution in [-0.4, -0.2) is 48.2 Å². The van der Waals surface area contributed by atoms with E-state index in [4.69, 9.17) is 39.5 Å². The van der Waals surface area contributed by atoms with Gasteiger partial charge in [-0.2, -0.15) is 0 Å². The third-order valence-electron chi connectivity index (χ3n) is 3.42. The first-order valence-electron chi connectivity index (χ1n) is 6.63. The van der Waals surface area contributed by atoms with Gasteiger partial charge >= 0.3 is 0 Å². The molecule has 0 aliphatic carbocycles. The zero-order valence-corrected chi connectivity index (χ0v) is 13.5. The summed E-state index contributed by atoms with van der Waals surface area (Å²) in [6.45, 7) is 3.36. The van der Waals surface area contributed by atoms with Crippen molar-refractivity contribution in [1.29, 1.82) is 0 Å². The van der Waals surface area contributed by atoms with Gasteiger partial charge in [0.1, 0.15) is 0 Å². The van der Waals surface area contributed by atoms with E-state index in [1.54, 1.807) is 0 Å². The highest BCUT2D eigenvalue weighted by molar-refractivity contribution is 6.64. The Kier molecular flexibility index (Phi) is 4.72. The maximum atomic E-state index is 6.27. The van der Waals surface area contributed by atoms with Crippen molar-refractivity contribution in [3.05, 3.63) is 40.0 Å². The van der Waals surface area contributed by atoms with Gasteiger partial charge in [0.25, 0.3) is 0 Å². The summed E-state index contributed by atoms with van der Waals surface area (Å²) < 4.78 is 5.36. The van der Waals surface area contributed by atoms with Gasteiger partial charge in [0.15, 0.2) is 0 Å². The third-order valence-corrected chi connectivity index (χ3v) is 4.35. The minimum absolute atomic E-state index is 0.448. The summed E-state index contributed by atoms with van der Waals surface area (Å²) in [6, 6.07) is 5.47. The van der Waals surface area contributed by atoms with Crippen LogP contribution in [0.2, 0.25) is 10.0 Å².